The van der Waals surface area contributed by atoms with Gasteiger partial charge in [0.05, 0.1) is 12.8 Å². The van der Waals surface area contributed by atoms with Crippen LogP contribution in [0.4, 0.5) is 4.39 Å². The van der Waals surface area contributed by atoms with Gasteiger partial charge in [0.1, 0.15) is 11.6 Å². The molecule has 0 radical (unpaired) electrons. The lowest BCUT2D eigenvalue weighted by molar-refractivity contribution is 0.0945. The van der Waals surface area contributed by atoms with Crippen molar-refractivity contribution in [2.24, 2.45) is 0 Å². The largest absolute Gasteiger partial charge is 0.497 e. The van der Waals surface area contributed by atoms with Crippen molar-refractivity contribution in [1.29, 1.82) is 0 Å². The second kappa shape index (κ2) is 7.17. The monoisotopic (exact) mass is 339 g/mol. The van der Waals surface area contributed by atoms with Crippen molar-refractivity contribution in [3.8, 4) is 11.4 Å². The van der Waals surface area contributed by atoms with Gasteiger partial charge in [-0.1, -0.05) is 12.1 Å². The molecule has 1 N–H and O–H groups in total. The molecule has 1 heterocycles. The number of methoxy groups -OCH3 is 1. The number of benzene rings is 2. The van der Waals surface area contributed by atoms with Gasteiger partial charge in [-0.25, -0.2) is 9.07 Å². The van der Waals surface area contributed by atoms with Crippen LogP contribution in [0.3, 0.4) is 0 Å². The molecule has 6 heteroatoms. The molecular weight excluding hydrogens is 321 g/mol. The zero-order valence-corrected chi connectivity index (χ0v) is 14.0. The van der Waals surface area contributed by atoms with Crippen molar-refractivity contribution in [3.05, 3.63) is 77.4 Å². The minimum Gasteiger partial charge on any atom is -0.497 e. The maximum atomic E-state index is 13.0. The Morgan fingerprint density at radius 1 is 1.16 bits per heavy atom. The molecule has 0 spiro atoms. The third-order valence-electron chi connectivity index (χ3n) is 3.80. The standard InChI is InChI=1S/C19H18FN3O2/c1-13-11-18(22-23(13)16-7-5-15(20)6-8-16)19(24)21-12-14-3-9-17(25-2)10-4-14/h3-11H,12H2,1-2H3,(H,21,24). The zero-order chi connectivity index (χ0) is 17.8. The summed E-state index contributed by atoms with van der Waals surface area (Å²) in [6.07, 6.45) is 0. The highest BCUT2D eigenvalue weighted by Gasteiger charge is 2.13. The Bertz CT molecular complexity index is 871. The fourth-order valence-electron chi connectivity index (χ4n) is 2.45. The Kier molecular flexibility index (Phi) is 4.79. The number of nitrogens with one attached hydrogen (secondary N) is 1. The predicted molar refractivity (Wildman–Crippen MR) is 92.4 cm³/mol. The second-order valence-corrected chi connectivity index (χ2v) is 5.59. The second-order valence-electron chi connectivity index (χ2n) is 5.59. The smallest absolute Gasteiger partial charge is 0.272 e. The molecule has 25 heavy (non-hydrogen) atoms. The van der Waals surface area contributed by atoms with Crippen LogP contribution in [0.1, 0.15) is 21.7 Å². The van der Waals surface area contributed by atoms with Crippen LogP contribution in [0.5, 0.6) is 5.75 Å². The average Bonchev–Trinajstić information content (AvgIpc) is 3.02. The number of rotatable bonds is 5. The van der Waals surface area contributed by atoms with Gasteiger partial charge < -0.3 is 10.1 Å². The summed E-state index contributed by atoms with van der Waals surface area (Å²) >= 11 is 0. The highest BCUT2D eigenvalue weighted by molar-refractivity contribution is 5.92. The van der Waals surface area contributed by atoms with Gasteiger partial charge >= 0.3 is 0 Å². The van der Waals surface area contributed by atoms with Gasteiger partial charge in [-0.2, -0.15) is 5.10 Å². The van der Waals surface area contributed by atoms with Crippen LogP contribution < -0.4 is 10.1 Å². The molecule has 0 fully saturated rings. The van der Waals surface area contributed by atoms with Gasteiger partial charge in [0, 0.05) is 12.2 Å². The highest BCUT2D eigenvalue weighted by Crippen LogP contribution is 2.14. The molecule has 3 aromatic rings. The van der Waals surface area contributed by atoms with E-state index in [1.165, 1.54) is 12.1 Å². The quantitative estimate of drug-likeness (QED) is 0.776. The highest BCUT2D eigenvalue weighted by atomic mass is 19.1. The molecule has 0 aliphatic rings. The minimum absolute atomic E-state index is 0.264. The Morgan fingerprint density at radius 3 is 2.48 bits per heavy atom. The van der Waals surface area contributed by atoms with Crippen molar-refractivity contribution in [1.82, 2.24) is 15.1 Å². The molecule has 1 amide bonds. The molecule has 0 saturated carbocycles. The summed E-state index contributed by atoms with van der Waals surface area (Å²) in [4.78, 5) is 12.3. The van der Waals surface area contributed by atoms with Gasteiger partial charge in [-0.15, -0.1) is 0 Å². The number of carbonyl (C=O) groups excluding carboxylic acids is 1. The Hall–Kier alpha value is -3.15. The van der Waals surface area contributed by atoms with E-state index in [4.69, 9.17) is 4.74 Å². The van der Waals surface area contributed by atoms with Crippen LogP contribution in [0.2, 0.25) is 0 Å². The van der Waals surface area contributed by atoms with E-state index < -0.39 is 0 Å². The summed E-state index contributed by atoms with van der Waals surface area (Å²) < 4.78 is 19.8. The molecule has 128 valence electrons. The first-order valence-corrected chi connectivity index (χ1v) is 7.80. The van der Waals surface area contributed by atoms with E-state index in [0.717, 1.165) is 17.0 Å². The molecule has 3 rings (SSSR count). The van der Waals surface area contributed by atoms with Crippen molar-refractivity contribution in [2.75, 3.05) is 7.11 Å². The van der Waals surface area contributed by atoms with E-state index in [9.17, 15) is 9.18 Å². The van der Waals surface area contributed by atoms with E-state index in [0.29, 0.717) is 17.9 Å². The van der Waals surface area contributed by atoms with E-state index in [1.54, 1.807) is 30.0 Å². The molecule has 2 aromatic carbocycles. The fraction of sp³-hybridized carbons (Fsp3) is 0.158. The summed E-state index contributed by atoms with van der Waals surface area (Å²) in [5, 5.41) is 7.15. The van der Waals surface area contributed by atoms with Crippen molar-refractivity contribution < 1.29 is 13.9 Å². The number of aryl methyl sites for hydroxylation is 1. The lowest BCUT2D eigenvalue weighted by atomic mass is 10.2. The Labute approximate surface area is 145 Å². The Morgan fingerprint density at radius 2 is 1.84 bits per heavy atom. The molecule has 0 saturated heterocycles. The summed E-state index contributed by atoms with van der Waals surface area (Å²) in [5.74, 6) is 0.189. The molecular formula is C19H18FN3O2. The average molecular weight is 339 g/mol. The van der Waals surface area contributed by atoms with Gasteiger partial charge in [0.25, 0.3) is 5.91 Å². The Balaban J connectivity index is 1.70. The van der Waals surface area contributed by atoms with Crippen LogP contribution in [-0.2, 0) is 6.54 Å². The number of hydrogen-bond donors (Lipinski definition) is 1. The lowest BCUT2D eigenvalue weighted by Crippen LogP contribution is -2.23. The van der Waals surface area contributed by atoms with Crippen LogP contribution in [0, 0.1) is 12.7 Å². The maximum Gasteiger partial charge on any atom is 0.272 e. The number of carbonyl (C=O) groups is 1. The lowest BCUT2D eigenvalue weighted by Gasteiger charge is -2.05. The van der Waals surface area contributed by atoms with Crippen LogP contribution in [0.15, 0.2) is 54.6 Å². The van der Waals surface area contributed by atoms with Crippen LogP contribution in [0.25, 0.3) is 5.69 Å². The van der Waals surface area contributed by atoms with Gasteiger partial charge in [-0.05, 0) is 55.0 Å². The zero-order valence-electron chi connectivity index (χ0n) is 14.0. The third kappa shape index (κ3) is 3.85. The number of hydrogen-bond acceptors (Lipinski definition) is 3. The number of ether oxygens (including phenoxy) is 1. The molecule has 0 unspecified atom stereocenters. The van der Waals surface area contributed by atoms with E-state index in [1.807, 2.05) is 31.2 Å². The van der Waals surface area contributed by atoms with Gasteiger partial charge in [0.2, 0.25) is 0 Å². The molecule has 0 atom stereocenters. The number of halogens is 1. The van der Waals surface area contributed by atoms with Crippen LogP contribution in [-0.4, -0.2) is 22.8 Å². The first kappa shape index (κ1) is 16.7. The van der Waals surface area contributed by atoms with E-state index in [-0.39, 0.29) is 11.7 Å². The van der Waals surface area contributed by atoms with E-state index in [2.05, 4.69) is 10.4 Å². The summed E-state index contributed by atoms with van der Waals surface area (Å²) in [7, 11) is 1.61. The van der Waals surface area contributed by atoms with Gasteiger partial charge in [-0.3, -0.25) is 4.79 Å². The molecule has 0 aliphatic carbocycles. The normalized spacial score (nSPS) is 10.5. The SMILES string of the molecule is COc1ccc(CNC(=O)c2cc(C)n(-c3ccc(F)cc3)n2)cc1. The minimum atomic E-state index is -0.314. The first-order valence-electron chi connectivity index (χ1n) is 7.80. The summed E-state index contributed by atoms with van der Waals surface area (Å²) in [5.41, 5.74) is 2.77. The number of aromatic nitrogens is 2. The first-order chi connectivity index (χ1) is 12.1. The number of amides is 1. The van der Waals surface area contributed by atoms with Crippen molar-refractivity contribution >= 4 is 5.91 Å². The summed E-state index contributed by atoms with van der Waals surface area (Å²) in [6.45, 7) is 2.24. The van der Waals surface area contributed by atoms with Crippen LogP contribution >= 0.6 is 0 Å². The molecule has 0 bridgehead atoms. The molecule has 1 aromatic heterocycles. The van der Waals surface area contributed by atoms with E-state index >= 15 is 0 Å². The maximum absolute atomic E-state index is 13.0. The molecule has 5 nitrogen and oxygen atoms in total. The number of nitrogens with zero attached hydrogens (tertiary/aromatic N) is 2. The van der Waals surface area contributed by atoms with Crippen molar-refractivity contribution in [2.45, 2.75) is 13.5 Å². The third-order valence-corrected chi connectivity index (χ3v) is 3.80. The topological polar surface area (TPSA) is 56.1 Å². The fourth-order valence-corrected chi connectivity index (χ4v) is 2.45. The molecule has 0 aliphatic heterocycles. The van der Waals surface area contributed by atoms with Gasteiger partial charge in [0.15, 0.2) is 5.69 Å². The predicted octanol–water partition coefficient (Wildman–Crippen LogP) is 3.26. The summed E-state index contributed by atoms with van der Waals surface area (Å²) in [6, 6.07) is 15.1. The van der Waals surface area contributed by atoms with Crippen molar-refractivity contribution in [3.63, 3.8) is 0 Å².